The van der Waals surface area contributed by atoms with Gasteiger partial charge < -0.3 is 11.1 Å². The summed E-state index contributed by atoms with van der Waals surface area (Å²) in [4.78, 5) is 6.81. The summed E-state index contributed by atoms with van der Waals surface area (Å²) in [6, 6.07) is 4.20. The van der Waals surface area contributed by atoms with E-state index >= 15 is 0 Å². The van der Waals surface area contributed by atoms with Gasteiger partial charge in [-0.1, -0.05) is 6.92 Å². The van der Waals surface area contributed by atoms with E-state index in [1.54, 1.807) is 11.3 Å². The SMILES string of the molecule is CCCNC(N)=NCc1ccc(C)s1.I. The molecule has 0 spiro atoms. The van der Waals surface area contributed by atoms with Gasteiger partial charge in [0, 0.05) is 16.3 Å². The summed E-state index contributed by atoms with van der Waals surface area (Å²) in [5.74, 6) is 0.540. The zero-order valence-electron chi connectivity index (χ0n) is 9.12. The van der Waals surface area contributed by atoms with Crippen LogP contribution in [0.2, 0.25) is 0 Å². The number of nitrogens with one attached hydrogen (secondary N) is 1. The fourth-order valence-electron chi connectivity index (χ4n) is 1.04. The Kier molecular flexibility index (Phi) is 7.76. The van der Waals surface area contributed by atoms with Crippen LogP contribution in [0.3, 0.4) is 0 Å². The van der Waals surface area contributed by atoms with Crippen LogP contribution in [0, 0.1) is 6.92 Å². The van der Waals surface area contributed by atoms with Crippen LogP contribution in [0.5, 0.6) is 0 Å². The summed E-state index contributed by atoms with van der Waals surface area (Å²) < 4.78 is 0. The first-order valence-corrected chi connectivity index (χ1v) is 5.63. The molecule has 0 bridgehead atoms. The van der Waals surface area contributed by atoms with E-state index in [9.17, 15) is 0 Å². The van der Waals surface area contributed by atoms with Gasteiger partial charge in [-0.05, 0) is 25.5 Å². The molecule has 3 N–H and O–H groups in total. The minimum atomic E-state index is 0. The Balaban J connectivity index is 0.00000196. The van der Waals surface area contributed by atoms with Gasteiger partial charge in [0.1, 0.15) is 0 Å². The number of aryl methyl sites for hydroxylation is 1. The summed E-state index contributed by atoms with van der Waals surface area (Å²) in [5, 5.41) is 3.04. The number of guanidine groups is 1. The van der Waals surface area contributed by atoms with Gasteiger partial charge in [0.2, 0.25) is 0 Å². The molecule has 0 aromatic carbocycles. The lowest BCUT2D eigenvalue weighted by atomic mass is 10.4. The Bertz CT molecular complexity index is 309. The molecule has 0 unspecified atom stereocenters. The maximum atomic E-state index is 5.66. The Morgan fingerprint density at radius 2 is 2.27 bits per heavy atom. The third-order valence-electron chi connectivity index (χ3n) is 1.76. The first kappa shape index (κ1) is 14.7. The van der Waals surface area contributed by atoms with E-state index in [0.717, 1.165) is 13.0 Å². The van der Waals surface area contributed by atoms with Crippen LogP contribution in [0.4, 0.5) is 0 Å². The average Bonchev–Trinajstić information content (AvgIpc) is 2.58. The molecular weight excluding hydrogens is 321 g/mol. The van der Waals surface area contributed by atoms with Gasteiger partial charge in [-0.2, -0.15) is 0 Å². The quantitative estimate of drug-likeness (QED) is 0.503. The van der Waals surface area contributed by atoms with Gasteiger partial charge in [-0.3, -0.25) is 0 Å². The molecular formula is C10H18IN3S. The first-order chi connectivity index (χ1) is 6.72. The van der Waals surface area contributed by atoms with Crippen molar-refractivity contribution in [1.29, 1.82) is 0 Å². The van der Waals surface area contributed by atoms with E-state index in [2.05, 4.69) is 36.3 Å². The van der Waals surface area contributed by atoms with E-state index < -0.39 is 0 Å². The van der Waals surface area contributed by atoms with E-state index in [1.165, 1.54) is 9.75 Å². The summed E-state index contributed by atoms with van der Waals surface area (Å²) in [7, 11) is 0. The highest BCUT2D eigenvalue weighted by Gasteiger charge is 1.95. The van der Waals surface area contributed by atoms with Crippen molar-refractivity contribution in [2.45, 2.75) is 26.8 Å². The van der Waals surface area contributed by atoms with Gasteiger partial charge in [0.25, 0.3) is 0 Å². The summed E-state index contributed by atoms with van der Waals surface area (Å²) >= 11 is 1.76. The Hall–Kier alpha value is -0.300. The summed E-state index contributed by atoms with van der Waals surface area (Å²) in [5.41, 5.74) is 5.66. The highest BCUT2D eigenvalue weighted by molar-refractivity contribution is 14.0. The maximum absolute atomic E-state index is 5.66. The number of thiophene rings is 1. The fourth-order valence-corrected chi connectivity index (χ4v) is 1.86. The molecule has 15 heavy (non-hydrogen) atoms. The molecule has 0 amide bonds. The van der Waals surface area contributed by atoms with E-state index in [4.69, 9.17) is 5.73 Å². The highest BCUT2D eigenvalue weighted by atomic mass is 127. The molecule has 0 atom stereocenters. The van der Waals surface area contributed by atoms with E-state index in [-0.39, 0.29) is 24.0 Å². The van der Waals surface area contributed by atoms with E-state index in [1.807, 2.05) is 0 Å². The lowest BCUT2D eigenvalue weighted by Gasteiger charge is -2.01. The average molecular weight is 339 g/mol. The Morgan fingerprint density at radius 1 is 1.53 bits per heavy atom. The number of rotatable bonds is 4. The molecule has 5 heteroatoms. The number of hydrogen-bond acceptors (Lipinski definition) is 2. The Morgan fingerprint density at radius 3 is 2.80 bits per heavy atom. The van der Waals surface area contributed by atoms with Crippen molar-refractivity contribution in [3.63, 3.8) is 0 Å². The molecule has 0 saturated heterocycles. The largest absolute Gasteiger partial charge is 0.370 e. The molecule has 0 fully saturated rings. The predicted molar refractivity (Wildman–Crippen MR) is 78.1 cm³/mol. The zero-order chi connectivity index (χ0) is 10.4. The fraction of sp³-hybridized carbons (Fsp3) is 0.500. The van der Waals surface area contributed by atoms with Crippen LogP contribution in [0.15, 0.2) is 17.1 Å². The molecule has 1 heterocycles. The van der Waals surface area contributed by atoms with Crippen molar-refractivity contribution in [1.82, 2.24) is 5.32 Å². The van der Waals surface area contributed by atoms with Crippen molar-refractivity contribution < 1.29 is 0 Å². The molecule has 1 aromatic heterocycles. The minimum absolute atomic E-state index is 0. The second kappa shape index (κ2) is 7.92. The van der Waals surface area contributed by atoms with Crippen LogP contribution in [0.1, 0.15) is 23.1 Å². The van der Waals surface area contributed by atoms with E-state index in [0.29, 0.717) is 12.5 Å². The molecule has 0 aliphatic rings. The van der Waals surface area contributed by atoms with Gasteiger partial charge in [0.15, 0.2) is 5.96 Å². The van der Waals surface area contributed by atoms with Crippen molar-refractivity contribution >= 4 is 41.3 Å². The molecule has 0 radical (unpaired) electrons. The molecule has 0 saturated carbocycles. The van der Waals surface area contributed by atoms with Crippen LogP contribution >= 0.6 is 35.3 Å². The first-order valence-electron chi connectivity index (χ1n) is 4.81. The second-order valence-electron chi connectivity index (χ2n) is 3.14. The van der Waals surface area contributed by atoms with Crippen molar-refractivity contribution in [2.24, 2.45) is 10.7 Å². The monoisotopic (exact) mass is 339 g/mol. The minimum Gasteiger partial charge on any atom is -0.370 e. The molecule has 86 valence electrons. The van der Waals surface area contributed by atoms with Crippen LogP contribution < -0.4 is 11.1 Å². The van der Waals surface area contributed by atoms with Crippen LogP contribution in [0.25, 0.3) is 0 Å². The lowest BCUT2D eigenvalue weighted by molar-refractivity contribution is 0.826. The number of halogens is 1. The molecule has 0 aliphatic heterocycles. The molecule has 3 nitrogen and oxygen atoms in total. The van der Waals surface area contributed by atoms with Gasteiger partial charge >= 0.3 is 0 Å². The van der Waals surface area contributed by atoms with Crippen molar-refractivity contribution in [3.8, 4) is 0 Å². The number of nitrogens with zero attached hydrogens (tertiary/aromatic N) is 1. The van der Waals surface area contributed by atoms with Crippen LogP contribution in [-0.4, -0.2) is 12.5 Å². The third kappa shape index (κ3) is 5.99. The van der Waals surface area contributed by atoms with Crippen LogP contribution in [-0.2, 0) is 6.54 Å². The normalized spacial score (nSPS) is 10.9. The molecule has 1 rings (SSSR count). The van der Waals surface area contributed by atoms with Gasteiger partial charge in [-0.15, -0.1) is 35.3 Å². The van der Waals surface area contributed by atoms with Crippen molar-refractivity contribution in [3.05, 3.63) is 21.9 Å². The van der Waals surface area contributed by atoms with Gasteiger partial charge in [0.05, 0.1) is 6.54 Å². The molecule has 0 aliphatic carbocycles. The highest BCUT2D eigenvalue weighted by Crippen LogP contribution is 2.15. The third-order valence-corrected chi connectivity index (χ3v) is 2.74. The smallest absolute Gasteiger partial charge is 0.188 e. The zero-order valence-corrected chi connectivity index (χ0v) is 12.3. The van der Waals surface area contributed by atoms with Gasteiger partial charge in [-0.25, -0.2) is 4.99 Å². The Labute approximate surface area is 112 Å². The summed E-state index contributed by atoms with van der Waals surface area (Å²) in [6.07, 6.45) is 1.06. The molecule has 1 aromatic rings. The number of hydrogen-bond donors (Lipinski definition) is 2. The second-order valence-corrected chi connectivity index (χ2v) is 4.51. The number of aliphatic imine (C=N–C) groups is 1. The standard InChI is InChI=1S/C10H17N3S.HI/c1-3-6-12-10(11)13-7-9-5-4-8(2)14-9;/h4-5H,3,6-7H2,1-2H3,(H3,11,12,13);1H. The predicted octanol–water partition coefficient (Wildman–Crippen LogP) is 2.49. The lowest BCUT2D eigenvalue weighted by Crippen LogP contribution is -2.32. The number of nitrogens with two attached hydrogens (primary N) is 1. The maximum Gasteiger partial charge on any atom is 0.188 e. The van der Waals surface area contributed by atoms with Crippen molar-refractivity contribution in [2.75, 3.05) is 6.54 Å². The topological polar surface area (TPSA) is 50.4 Å². The summed E-state index contributed by atoms with van der Waals surface area (Å²) in [6.45, 7) is 5.76.